The van der Waals surface area contributed by atoms with Gasteiger partial charge in [-0.05, 0) is 41.5 Å². The Morgan fingerprint density at radius 1 is 1.06 bits per heavy atom. The maximum Gasteiger partial charge on any atom is 0.278 e. The van der Waals surface area contributed by atoms with E-state index in [1.807, 2.05) is 24.6 Å². The zero-order chi connectivity index (χ0) is 22.6. The number of allylic oxidation sites excluding steroid dienone is 1. The van der Waals surface area contributed by atoms with Gasteiger partial charge in [0.1, 0.15) is 12.0 Å². The van der Waals surface area contributed by atoms with E-state index in [2.05, 4.69) is 60.8 Å². The van der Waals surface area contributed by atoms with E-state index in [0.29, 0.717) is 11.4 Å². The summed E-state index contributed by atoms with van der Waals surface area (Å²) >= 11 is 0. The average Bonchev–Trinajstić information content (AvgIpc) is 3.61. The quantitative estimate of drug-likeness (QED) is 0.571. The summed E-state index contributed by atoms with van der Waals surface area (Å²) in [6.45, 7) is 3.94. The van der Waals surface area contributed by atoms with Crippen molar-refractivity contribution in [3.63, 3.8) is 0 Å². The molecule has 1 saturated heterocycles. The summed E-state index contributed by atoms with van der Waals surface area (Å²) < 4.78 is 0. The lowest BCUT2D eigenvalue weighted by molar-refractivity contribution is 0.101. The number of nitrogens with one attached hydrogen (secondary N) is 3. The van der Waals surface area contributed by atoms with Gasteiger partial charge in [0.25, 0.3) is 5.91 Å². The molecule has 4 aliphatic heterocycles. The molecule has 3 N–H and O–H groups in total. The number of imidazole rings is 1. The molecule has 5 heterocycles. The maximum atomic E-state index is 12.9. The highest BCUT2D eigenvalue weighted by atomic mass is 16.1. The second kappa shape index (κ2) is 7.50. The van der Waals surface area contributed by atoms with Gasteiger partial charge in [-0.2, -0.15) is 0 Å². The minimum Gasteiger partial charge on any atom is -0.369 e. The highest BCUT2D eigenvalue weighted by molar-refractivity contribution is 6.18. The molecule has 3 aromatic rings. The summed E-state index contributed by atoms with van der Waals surface area (Å²) in [6.07, 6.45) is 9.63. The molecule has 34 heavy (non-hydrogen) atoms. The molecule has 0 spiro atoms. The predicted molar refractivity (Wildman–Crippen MR) is 135 cm³/mol. The zero-order valence-electron chi connectivity index (χ0n) is 18.5. The topological polar surface area (TPSA) is 97.8 Å². The second-order valence-electron chi connectivity index (χ2n) is 8.96. The fourth-order valence-corrected chi connectivity index (χ4v) is 5.32. The number of aromatic nitrogens is 2. The van der Waals surface area contributed by atoms with Crippen LogP contribution in [0.15, 0.2) is 58.7 Å². The molecule has 2 atom stereocenters. The maximum absolute atomic E-state index is 12.9. The third-order valence-corrected chi connectivity index (χ3v) is 7.05. The number of carbonyl (C=O) groups is 1. The van der Waals surface area contributed by atoms with Gasteiger partial charge in [-0.1, -0.05) is 12.1 Å². The van der Waals surface area contributed by atoms with Crippen molar-refractivity contribution in [3.05, 3.63) is 65.4 Å². The first-order valence-electron chi connectivity index (χ1n) is 11.6. The third-order valence-electron chi connectivity index (χ3n) is 7.05. The van der Waals surface area contributed by atoms with Gasteiger partial charge in [0, 0.05) is 67.5 Å². The molecule has 7 rings (SSSR count). The van der Waals surface area contributed by atoms with Crippen molar-refractivity contribution in [2.24, 2.45) is 15.9 Å². The second-order valence-corrected chi connectivity index (χ2v) is 8.96. The number of benzene rings is 2. The van der Waals surface area contributed by atoms with Crippen molar-refractivity contribution in [3.8, 4) is 11.4 Å². The molecule has 2 aromatic carbocycles. The fourth-order valence-electron chi connectivity index (χ4n) is 5.32. The number of aliphatic imine (C=N–C) groups is 2. The number of fused-ring (bicyclic) bond motifs is 3. The molecule has 0 saturated carbocycles. The molecule has 1 amide bonds. The molecule has 0 aliphatic carbocycles. The Labute approximate surface area is 196 Å². The molecular formula is C26H23N7O. The van der Waals surface area contributed by atoms with Crippen molar-refractivity contribution in [1.29, 1.82) is 0 Å². The van der Waals surface area contributed by atoms with Crippen LogP contribution in [0, 0.1) is 5.92 Å². The zero-order valence-corrected chi connectivity index (χ0v) is 18.5. The first kappa shape index (κ1) is 19.4. The molecule has 4 aliphatic rings. The summed E-state index contributed by atoms with van der Waals surface area (Å²) in [6, 6.07) is 10.4. The minimum atomic E-state index is -0.228. The number of amides is 1. The molecule has 2 unspecified atom stereocenters. The van der Waals surface area contributed by atoms with E-state index in [4.69, 9.17) is 4.98 Å². The van der Waals surface area contributed by atoms with Gasteiger partial charge in [0.2, 0.25) is 0 Å². The number of hydrogen-bond acceptors (Lipinski definition) is 6. The fraction of sp³-hybridized carbons (Fsp3) is 0.231. The Balaban J connectivity index is 1.29. The molecule has 168 valence electrons. The van der Waals surface area contributed by atoms with Crippen molar-refractivity contribution in [1.82, 2.24) is 20.6 Å². The summed E-state index contributed by atoms with van der Waals surface area (Å²) in [5.41, 5.74) is 7.37. The normalized spacial score (nSPS) is 22.8. The van der Waals surface area contributed by atoms with Crippen LogP contribution in [0.4, 0.5) is 5.69 Å². The molecule has 1 aromatic heterocycles. The van der Waals surface area contributed by atoms with E-state index in [-0.39, 0.29) is 18.0 Å². The van der Waals surface area contributed by atoms with Gasteiger partial charge < -0.3 is 20.5 Å². The largest absolute Gasteiger partial charge is 0.369 e. The summed E-state index contributed by atoms with van der Waals surface area (Å²) in [5.74, 6) is 0.598. The van der Waals surface area contributed by atoms with Crippen LogP contribution in [0.25, 0.3) is 28.0 Å². The van der Waals surface area contributed by atoms with Crippen LogP contribution in [-0.4, -0.2) is 60.6 Å². The van der Waals surface area contributed by atoms with E-state index < -0.39 is 0 Å². The average molecular weight is 450 g/mol. The Morgan fingerprint density at radius 3 is 2.85 bits per heavy atom. The van der Waals surface area contributed by atoms with Gasteiger partial charge in [-0.3, -0.25) is 9.79 Å². The van der Waals surface area contributed by atoms with Gasteiger partial charge in [0.15, 0.2) is 0 Å². The number of anilines is 1. The summed E-state index contributed by atoms with van der Waals surface area (Å²) in [4.78, 5) is 32.2. The van der Waals surface area contributed by atoms with Gasteiger partial charge in [-0.25, -0.2) is 9.98 Å². The van der Waals surface area contributed by atoms with Gasteiger partial charge in [-0.15, -0.1) is 0 Å². The molecule has 0 radical (unpaired) electrons. The van der Waals surface area contributed by atoms with Crippen LogP contribution in [0.3, 0.4) is 0 Å². The number of hydrogen-bond donors (Lipinski definition) is 3. The van der Waals surface area contributed by atoms with Crippen LogP contribution in [0.5, 0.6) is 0 Å². The van der Waals surface area contributed by atoms with Crippen LogP contribution in [-0.2, 0) is 0 Å². The number of dihydropyridines is 1. The first-order chi connectivity index (χ1) is 16.8. The van der Waals surface area contributed by atoms with Gasteiger partial charge in [0.05, 0.1) is 16.6 Å². The Kier molecular flexibility index (Phi) is 4.28. The lowest BCUT2D eigenvalue weighted by Gasteiger charge is -2.29. The van der Waals surface area contributed by atoms with E-state index in [9.17, 15) is 4.79 Å². The highest BCUT2D eigenvalue weighted by Crippen LogP contribution is 2.39. The summed E-state index contributed by atoms with van der Waals surface area (Å²) in [7, 11) is 0. The van der Waals surface area contributed by atoms with Crippen LogP contribution >= 0.6 is 0 Å². The van der Waals surface area contributed by atoms with E-state index in [0.717, 1.165) is 59.5 Å². The molecular weight excluding hydrogens is 426 g/mol. The lowest BCUT2D eigenvalue weighted by Crippen LogP contribution is -2.43. The monoisotopic (exact) mass is 449 g/mol. The highest BCUT2D eigenvalue weighted by Gasteiger charge is 2.33. The van der Waals surface area contributed by atoms with Gasteiger partial charge >= 0.3 is 0 Å². The number of rotatable bonds is 3. The Bertz CT molecular complexity index is 1460. The lowest BCUT2D eigenvalue weighted by atomic mass is 9.86. The SMILES string of the molecule is O=C1N=Cc2c(C3=CNC4N=CC=CC34)ccc(-c3nc4cc(N5CCNCC5)ccc4[nH]3)c21. The predicted octanol–water partition coefficient (Wildman–Crippen LogP) is 2.74. The molecule has 8 heteroatoms. The molecule has 0 bridgehead atoms. The van der Waals surface area contributed by atoms with Crippen molar-refractivity contribution in [2.45, 2.75) is 6.17 Å². The van der Waals surface area contributed by atoms with E-state index in [1.165, 1.54) is 5.69 Å². The third kappa shape index (κ3) is 2.95. The van der Waals surface area contributed by atoms with E-state index in [1.54, 1.807) is 6.21 Å². The summed E-state index contributed by atoms with van der Waals surface area (Å²) in [5, 5.41) is 6.73. The van der Waals surface area contributed by atoms with Crippen LogP contribution < -0.4 is 15.5 Å². The molecule has 8 nitrogen and oxygen atoms in total. The van der Waals surface area contributed by atoms with E-state index >= 15 is 0 Å². The number of nitrogens with zero attached hydrogens (tertiary/aromatic N) is 4. The first-order valence-corrected chi connectivity index (χ1v) is 11.6. The Hall–Kier alpha value is -4.04. The number of piperazine rings is 1. The van der Waals surface area contributed by atoms with Crippen molar-refractivity contribution < 1.29 is 4.79 Å². The van der Waals surface area contributed by atoms with Crippen molar-refractivity contribution in [2.75, 3.05) is 31.1 Å². The van der Waals surface area contributed by atoms with Crippen molar-refractivity contribution >= 4 is 40.6 Å². The van der Waals surface area contributed by atoms with Crippen LogP contribution in [0.1, 0.15) is 21.5 Å². The smallest absolute Gasteiger partial charge is 0.278 e. The number of aromatic amines is 1. The standard InChI is InChI=1S/C26H23N7O/c34-26-23-18(25-31-21-6-3-15(12-22(21)32-25)33-10-8-27-9-11-33)5-4-16(20(23)14-30-26)19-13-29-24-17(19)2-1-7-28-24/h1-7,12-14,17,24,27,29H,8-11H2,(H,31,32). The number of H-pyrrole nitrogens is 1. The minimum absolute atomic E-state index is 0.00428. The number of carbonyl (C=O) groups excluding carboxylic acids is 1. The Morgan fingerprint density at radius 2 is 1.94 bits per heavy atom. The molecule has 1 fully saturated rings. The van der Waals surface area contributed by atoms with Crippen LogP contribution in [0.2, 0.25) is 0 Å².